The van der Waals surface area contributed by atoms with Crippen LogP contribution in [-0.2, 0) is 4.74 Å². The molecule has 1 fully saturated rings. The normalized spacial score (nSPS) is 30.5. The van der Waals surface area contributed by atoms with Gasteiger partial charge in [0, 0.05) is 25.1 Å². The highest BCUT2D eigenvalue weighted by Gasteiger charge is 2.24. The van der Waals surface area contributed by atoms with Gasteiger partial charge in [0.15, 0.2) is 0 Å². The van der Waals surface area contributed by atoms with Crippen LogP contribution in [0.25, 0.3) is 0 Å². The summed E-state index contributed by atoms with van der Waals surface area (Å²) in [5.74, 6) is 1.66. The molecule has 104 valence electrons. The van der Waals surface area contributed by atoms with Crippen LogP contribution in [0.3, 0.4) is 0 Å². The molecule has 3 rings (SSSR count). The Labute approximate surface area is 115 Å². The molecule has 3 unspecified atom stereocenters. The minimum atomic E-state index is 0.397. The van der Waals surface area contributed by atoms with Crippen LogP contribution in [0.2, 0.25) is 0 Å². The Hall–Kier alpha value is -1.06. The smallest absolute Gasteiger partial charge is 0.122 e. The average molecular weight is 261 g/mol. The highest BCUT2D eigenvalue weighted by Crippen LogP contribution is 2.33. The van der Waals surface area contributed by atoms with Gasteiger partial charge in [0.1, 0.15) is 5.75 Å². The molecule has 1 aromatic rings. The number of nitrogens with one attached hydrogen (secondary N) is 1. The molecule has 0 saturated carbocycles. The molecule has 19 heavy (non-hydrogen) atoms. The average Bonchev–Trinajstić information content (AvgIpc) is 2.45. The number of rotatable bonds is 3. The van der Waals surface area contributed by atoms with Gasteiger partial charge < -0.3 is 14.8 Å². The zero-order valence-electron chi connectivity index (χ0n) is 11.6. The number of benzene rings is 1. The van der Waals surface area contributed by atoms with Gasteiger partial charge in [-0.3, -0.25) is 0 Å². The lowest BCUT2D eigenvalue weighted by atomic mass is 9.92. The highest BCUT2D eigenvalue weighted by molar-refractivity contribution is 5.37. The van der Waals surface area contributed by atoms with Crippen LogP contribution >= 0.6 is 0 Å². The van der Waals surface area contributed by atoms with E-state index in [0.717, 1.165) is 44.8 Å². The Bertz CT molecular complexity index is 421. The zero-order chi connectivity index (χ0) is 13.1. The number of hydrogen-bond donors (Lipinski definition) is 1. The molecular formula is C16H23NO2. The topological polar surface area (TPSA) is 30.5 Å². The molecular weight excluding hydrogens is 238 g/mol. The van der Waals surface area contributed by atoms with Crippen LogP contribution in [0.5, 0.6) is 5.75 Å². The second-order valence-electron chi connectivity index (χ2n) is 5.68. The second kappa shape index (κ2) is 5.93. The first-order valence-electron chi connectivity index (χ1n) is 7.39. The van der Waals surface area contributed by atoms with Gasteiger partial charge in [0.2, 0.25) is 0 Å². The molecule has 2 heterocycles. The van der Waals surface area contributed by atoms with Crippen molar-refractivity contribution in [2.24, 2.45) is 0 Å². The van der Waals surface area contributed by atoms with Crippen molar-refractivity contribution in [1.29, 1.82) is 0 Å². The van der Waals surface area contributed by atoms with Gasteiger partial charge in [-0.05, 0) is 37.8 Å². The quantitative estimate of drug-likeness (QED) is 0.907. The molecule has 1 saturated heterocycles. The van der Waals surface area contributed by atoms with E-state index in [0.29, 0.717) is 18.1 Å². The van der Waals surface area contributed by atoms with Gasteiger partial charge in [-0.2, -0.15) is 0 Å². The Morgan fingerprint density at radius 2 is 2.11 bits per heavy atom. The predicted molar refractivity (Wildman–Crippen MR) is 75.7 cm³/mol. The van der Waals surface area contributed by atoms with Crippen molar-refractivity contribution in [3.63, 3.8) is 0 Å². The zero-order valence-corrected chi connectivity index (χ0v) is 11.6. The fourth-order valence-electron chi connectivity index (χ4n) is 3.12. The summed E-state index contributed by atoms with van der Waals surface area (Å²) in [6.45, 7) is 4.95. The van der Waals surface area contributed by atoms with E-state index in [-0.39, 0.29) is 0 Å². The van der Waals surface area contributed by atoms with Crippen molar-refractivity contribution in [1.82, 2.24) is 5.32 Å². The molecule has 1 N–H and O–H groups in total. The summed E-state index contributed by atoms with van der Waals surface area (Å²) in [5.41, 5.74) is 1.36. The minimum Gasteiger partial charge on any atom is -0.493 e. The van der Waals surface area contributed by atoms with E-state index in [1.165, 1.54) is 5.56 Å². The second-order valence-corrected chi connectivity index (χ2v) is 5.68. The highest BCUT2D eigenvalue weighted by atomic mass is 16.5. The van der Waals surface area contributed by atoms with Crippen molar-refractivity contribution < 1.29 is 9.47 Å². The summed E-state index contributed by atoms with van der Waals surface area (Å²) < 4.78 is 11.3. The van der Waals surface area contributed by atoms with Gasteiger partial charge in [-0.15, -0.1) is 0 Å². The molecule has 3 nitrogen and oxygen atoms in total. The van der Waals surface area contributed by atoms with E-state index in [1.54, 1.807) is 0 Å². The predicted octanol–water partition coefficient (Wildman–Crippen LogP) is 2.71. The van der Waals surface area contributed by atoms with Gasteiger partial charge in [-0.25, -0.2) is 0 Å². The monoisotopic (exact) mass is 261 g/mol. The number of fused-ring (bicyclic) bond motifs is 1. The van der Waals surface area contributed by atoms with Gasteiger partial charge in [0.25, 0.3) is 0 Å². The molecule has 0 aromatic heterocycles. The van der Waals surface area contributed by atoms with Crippen LogP contribution in [0.1, 0.15) is 37.7 Å². The third kappa shape index (κ3) is 3.10. The lowest BCUT2D eigenvalue weighted by Gasteiger charge is -2.31. The summed E-state index contributed by atoms with van der Waals surface area (Å²) in [5, 5.41) is 3.73. The first-order chi connectivity index (χ1) is 9.33. The van der Waals surface area contributed by atoms with Crippen molar-refractivity contribution in [2.45, 2.75) is 44.2 Å². The van der Waals surface area contributed by atoms with E-state index >= 15 is 0 Å². The molecule has 1 aromatic carbocycles. The molecule has 3 atom stereocenters. The number of hydrogen-bond acceptors (Lipinski definition) is 3. The fraction of sp³-hybridized carbons (Fsp3) is 0.625. The lowest BCUT2D eigenvalue weighted by molar-refractivity contribution is 0.0130. The molecule has 3 heteroatoms. The van der Waals surface area contributed by atoms with E-state index in [9.17, 15) is 0 Å². The fourth-order valence-corrected chi connectivity index (χ4v) is 3.12. The third-order valence-electron chi connectivity index (χ3n) is 4.22. The van der Waals surface area contributed by atoms with E-state index < -0.39 is 0 Å². The Morgan fingerprint density at radius 3 is 3.00 bits per heavy atom. The van der Waals surface area contributed by atoms with Crippen molar-refractivity contribution in [3.05, 3.63) is 29.8 Å². The molecule has 0 radical (unpaired) electrons. The van der Waals surface area contributed by atoms with Crippen molar-refractivity contribution >= 4 is 0 Å². The van der Waals surface area contributed by atoms with Crippen LogP contribution < -0.4 is 10.1 Å². The molecule has 2 aliphatic heterocycles. The molecule has 0 aliphatic carbocycles. The largest absolute Gasteiger partial charge is 0.493 e. The SMILES string of the molecule is CC1CC(NCC2CCOc3ccccc32)CCO1. The molecule has 0 amide bonds. The molecule has 0 bridgehead atoms. The van der Waals surface area contributed by atoms with Crippen LogP contribution in [0.4, 0.5) is 0 Å². The first-order valence-corrected chi connectivity index (χ1v) is 7.39. The number of ether oxygens (including phenoxy) is 2. The van der Waals surface area contributed by atoms with Gasteiger partial charge in [0.05, 0.1) is 12.7 Å². The molecule has 2 aliphatic rings. The summed E-state index contributed by atoms with van der Waals surface area (Å²) >= 11 is 0. The number of para-hydroxylation sites is 1. The third-order valence-corrected chi connectivity index (χ3v) is 4.22. The summed E-state index contributed by atoms with van der Waals surface area (Å²) in [6, 6.07) is 9.05. The summed E-state index contributed by atoms with van der Waals surface area (Å²) in [7, 11) is 0. The summed E-state index contributed by atoms with van der Waals surface area (Å²) in [6.07, 6.45) is 3.77. The van der Waals surface area contributed by atoms with Crippen LogP contribution in [0.15, 0.2) is 24.3 Å². The van der Waals surface area contributed by atoms with E-state index in [2.05, 4.69) is 36.5 Å². The summed E-state index contributed by atoms with van der Waals surface area (Å²) in [4.78, 5) is 0. The Kier molecular flexibility index (Phi) is 4.04. The maximum atomic E-state index is 5.71. The maximum Gasteiger partial charge on any atom is 0.122 e. The van der Waals surface area contributed by atoms with E-state index in [4.69, 9.17) is 9.47 Å². The van der Waals surface area contributed by atoms with Crippen LogP contribution in [0, 0.1) is 0 Å². The van der Waals surface area contributed by atoms with Crippen molar-refractivity contribution in [2.75, 3.05) is 19.8 Å². The standard InChI is InChI=1S/C16H23NO2/c1-12-10-14(7-9-18-12)17-11-13-6-8-19-16-5-3-2-4-15(13)16/h2-5,12-14,17H,6-11H2,1H3. The maximum absolute atomic E-state index is 5.71. The first kappa shape index (κ1) is 12.9. The Balaban J connectivity index is 1.59. The molecule has 0 spiro atoms. The van der Waals surface area contributed by atoms with Crippen LogP contribution in [-0.4, -0.2) is 31.9 Å². The van der Waals surface area contributed by atoms with Gasteiger partial charge >= 0.3 is 0 Å². The Morgan fingerprint density at radius 1 is 1.21 bits per heavy atom. The van der Waals surface area contributed by atoms with Crippen molar-refractivity contribution in [3.8, 4) is 5.75 Å². The lowest BCUT2D eigenvalue weighted by Crippen LogP contribution is -2.40. The van der Waals surface area contributed by atoms with Gasteiger partial charge in [-0.1, -0.05) is 18.2 Å². The minimum absolute atomic E-state index is 0.397. The van der Waals surface area contributed by atoms with E-state index in [1.807, 2.05) is 0 Å².